The molecule has 0 atom stereocenters. The van der Waals surface area contributed by atoms with E-state index in [-0.39, 0.29) is 17.2 Å². The van der Waals surface area contributed by atoms with Crippen LogP contribution in [0.2, 0.25) is 0 Å². The zero-order chi connectivity index (χ0) is 19.3. The lowest BCUT2D eigenvalue weighted by molar-refractivity contribution is -0.115. The van der Waals surface area contributed by atoms with Gasteiger partial charge >= 0.3 is 0 Å². The molecule has 0 aliphatic carbocycles. The van der Waals surface area contributed by atoms with Gasteiger partial charge in [0, 0.05) is 6.07 Å². The Balaban J connectivity index is 2.26. The maximum atomic E-state index is 11.9. The van der Waals surface area contributed by atoms with Crippen molar-refractivity contribution in [2.45, 2.75) is 13.8 Å². The van der Waals surface area contributed by atoms with Crippen LogP contribution < -0.4 is 15.5 Å². The van der Waals surface area contributed by atoms with Crippen LogP contribution in [0.3, 0.4) is 0 Å². The second-order valence-electron chi connectivity index (χ2n) is 5.49. The summed E-state index contributed by atoms with van der Waals surface area (Å²) in [5, 5.41) is 21.4. The van der Waals surface area contributed by atoms with Gasteiger partial charge < -0.3 is 19.9 Å². The van der Waals surface area contributed by atoms with E-state index in [2.05, 4.69) is 24.0 Å². The first kappa shape index (κ1) is 18.9. The summed E-state index contributed by atoms with van der Waals surface area (Å²) < 4.78 is 10.7. The van der Waals surface area contributed by atoms with E-state index in [9.17, 15) is 9.90 Å². The third-order valence-corrected chi connectivity index (χ3v) is 3.50. The Labute approximate surface area is 151 Å². The molecule has 0 saturated heterocycles. The predicted octanol–water partition coefficient (Wildman–Crippen LogP) is 4.21. The predicted molar refractivity (Wildman–Crippen MR) is 98.6 cm³/mol. The Kier molecular flexibility index (Phi) is 5.87. The molecule has 7 heteroatoms. The average molecular weight is 356 g/mol. The minimum atomic E-state index is -0.622. The molecule has 0 heterocycles. The second kappa shape index (κ2) is 8.09. The maximum absolute atomic E-state index is 11.9. The number of rotatable bonds is 7. The van der Waals surface area contributed by atoms with Crippen molar-refractivity contribution in [1.29, 1.82) is 0 Å². The molecule has 26 heavy (non-hydrogen) atoms. The quantitative estimate of drug-likeness (QED) is 0.257. The van der Waals surface area contributed by atoms with E-state index in [1.807, 2.05) is 13.8 Å². The highest BCUT2D eigenvalue weighted by molar-refractivity contribution is 6.02. The van der Waals surface area contributed by atoms with E-state index >= 15 is 0 Å². The molecule has 0 aliphatic rings. The van der Waals surface area contributed by atoms with Crippen LogP contribution in [0, 0.1) is 13.8 Å². The number of amides is 1. The van der Waals surface area contributed by atoms with E-state index in [0.29, 0.717) is 17.2 Å². The fourth-order valence-electron chi connectivity index (χ4n) is 2.32. The Bertz CT molecular complexity index is 838. The number of ether oxygens (including phenoxy) is 2. The Hall–Kier alpha value is -3.45. The summed E-state index contributed by atoms with van der Waals surface area (Å²) in [6.45, 7) is 10.5. The van der Waals surface area contributed by atoms with Gasteiger partial charge in [0.15, 0.2) is 5.76 Å². The molecule has 0 aliphatic heterocycles. The molecule has 2 aromatic carbocycles. The zero-order valence-electron chi connectivity index (χ0n) is 14.5. The van der Waals surface area contributed by atoms with Crippen LogP contribution in [0.4, 0.5) is 11.4 Å². The van der Waals surface area contributed by atoms with Crippen LogP contribution in [0.15, 0.2) is 55.5 Å². The number of nitrogens with one attached hydrogen (secondary N) is 2. The van der Waals surface area contributed by atoms with Crippen LogP contribution in [0.1, 0.15) is 11.1 Å². The average Bonchev–Trinajstić information content (AvgIpc) is 2.60. The largest absolute Gasteiger partial charge is 0.506 e. The number of benzene rings is 2. The van der Waals surface area contributed by atoms with Crippen LogP contribution in [0.25, 0.3) is 0 Å². The van der Waals surface area contributed by atoms with Gasteiger partial charge in [-0.2, -0.15) is 0 Å². The summed E-state index contributed by atoms with van der Waals surface area (Å²) in [5.41, 5.74) is 4.39. The molecule has 2 rings (SSSR count). The van der Waals surface area contributed by atoms with E-state index in [1.165, 1.54) is 12.1 Å². The Morgan fingerprint density at radius 2 is 1.85 bits per heavy atom. The first-order valence-electron chi connectivity index (χ1n) is 7.65. The number of phenols is 1. The SMILES string of the molecule is C=COC(=C)C(=O)Nc1cc(Oc2c(C)cc(NO)cc2C)ccc1O. The first-order valence-corrected chi connectivity index (χ1v) is 7.65. The zero-order valence-corrected chi connectivity index (χ0v) is 14.5. The van der Waals surface area contributed by atoms with Gasteiger partial charge in [0.1, 0.15) is 17.2 Å². The molecule has 0 aromatic heterocycles. The number of phenolic OH excluding ortho intramolecular Hbond substituents is 1. The Morgan fingerprint density at radius 1 is 1.19 bits per heavy atom. The molecule has 1 amide bonds. The van der Waals surface area contributed by atoms with Crippen LogP contribution in [0.5, 0.6) is 17.2 Å². The summed E-state index contributed by atoms with van der Waals surface area (Å²) in [6, 6.07) is 7.89. The molecular weight excluding hydrogens is 336 g/mol. The van der Waals surface area contributed by atoms with Crippen molar-refractivity contribution in [2.24, 2.45) is 0 Å². The molecule has 0 unspecified atom stereocenters. The van der Waals surface area contributed by atoms with Crippen molar-refractivity contribution >= 4 is 17.3 Å². The Morgan fingerprint density at radius 3 is 2.42 bits per heavy atom. The van der Waals surface area contributed by atoms with E-state index < -0.39 is 5.91 Å². The number of hydrogen-bond acceptors (Lipinski definition) is 6. The molecule has 7 nitrogen and oxygen atoms in total. The minimum absolute atomic E-state index is 0.134. The summed E-state index contributed by atoms with van der Waals surface area (Å²) in [7, 11) is 0. The van der Waals surface area contributed by atoms with Crippen molar-refractivity contribution in [3.8, 4) is 17.2 Å². The monoisotopic (exact) mass is 356 g/mol. The van der Waals surface area contributed by atoms with Gasteiger partial charge in [0.25, 0.3) is 5.91 Å². The molecule has 0 fully saturated rings. The molecule has 136 valence electrons. The first-order chi connectivity index (χ1) is 12.3. The molecule has 2 aromatic rings. The van der Waals surface area contributed by atoms with Crippen molar-refractivity contribution in [3.63, 3.8) is 0 Å². The summed E-state index contributed by atoms with van der Waals surface area (Å²) >= 11 is 0. The standard InChI is InChI=1S/C19H20N2O5/c1-5-25-13(4)19(23)20-16-10-15(6-7-17(16)22)26-18-11(2)8-14(21-24)9-12(18)3/h5-10,21-22,24H,1,4H2,2-3H3,(H,20,23). The number of aromatic hydroxyl groups is 1. The van der Waals surface area contributed by atoms with Crippen molar-refractivity contribution in [2.75, 3.05) is 10.8 Å². The van der Waals surface area contributed by atoms with E-state index in [0.717, 1.165) is 17.4 Å². The maximum Gasteiger partial charge on any atom is 0.290 e. The fourth-order valence-corrected chi connectivity index (χ4v) is 2.32. The van der Waals surface area contributed by atoms with E-state index in [4.69, 9.17) is 14.7 Å². The van der Waals surface area contributed by atoms with Crippen LogP contribution >= 0.6 is 0 Å². The van der Waals surface area contributed by atoms with Crippen molar-refractivity contribution < 1.29 is 24.6 Å². The molecule has 0 bridgehead atoms. The van der Waals surface area contributed by atoms with Crippen LogP contribution in [-0.2, 0) is 9.53 Å². The molecule has 0 radical (unpaired) electrons. The molecule has 4 N–H and O–H groups in total. The second-order valence-corrected chi connectivity index (χ2v) is 5.49. The minimum Gasteiger partial charge on any atom is -0.506 e. The summed E-state index contributed by atoms with van der Waals surface area (Å²) in [6.07, 6.45) is 1.08. The number of anilines is 2. The van der Waals surface area contributed by atoms with Crippen LogP contribution in [-0.4, -0.2) is 16.2 Å². The molecular formula is C19H20N2O5. The van der Waals surface area contributed by atoms with Gasteiger partial charge in [-0.25, -0.2) is 0 Å². The third-order valence-electron chi connectivity index (χ3n) is 3.50. The summed E-state index contributed by atoms with van der Waals surface area (Å²) in [5.74, 6) is 0.0913. The highest BCUT2D eigenvalue weighted by Crippen LogP contribution is 2.35. The lowest BCUT2D eigenvalue weighted by atomic mass is 10.1. The topological polar surface area (TPSA) is 100 Å². The fraction of sp³-hybridized carbons (Fsp3) is 0.105. The number of aryl methyl sites for hydroxylation is 2. The smallest absolute Gasteiger partial charge is 0.290 e. The van der Waals surface area contributed by atoms with Crippen molar-refractivity contribution in [1.82, 2.24) is 0 Å². The van der Waals surface area contributed by atoms with E-state index in [1.54, 1.807) is 18.2 Å². The normalized spacial score (nSPS) is 9.96. The van der Waals surface area contributed by atoms with Gasteiger partial charge in [-0.05, 0) is 49.2 Å². The number of carbonyl (C=O) groups excluding carboxylic acids is 1. The highest BCUT2D eigenvalue weighted by atomic mass is 16.5. The lowest BCUT2D eigenvalue weighted by Crippen LogP contribution is -2.14. The summed E-state index contributed by atoms with van der Waals surface area (Å²) in [4.78, 5) is 11.9. The van der Waals surface area contributed by atoms with Crippen molar-refractivity contribution in [3.05, 3.63) is 66.6 Å². The lowest BCUT2D eigenvalue weighted by Gasteiger charge is -2.15. The van der Waals surface area contributed by atoms with Gasteiger partial charge in [-0.3, -0.25) is 15.5 Å². The van der Waals surface area contributed by atoms with Gasteiger partial charge in [0.05, 0.1) is 17.6 Å². The number of hydrogen-bond donors (Lipinski definition) is 4. The van der Waals surface area contributed by atoms with Gasteiger partial charge in [-0.1, -0.05) is 13.2 Å². The van der Waals surface area contributed by atoms with Gasteiger partial charge in [-0.15, -0.1) is 0 Å². The molecule has 0 spiro atoms. The van der Waals surface area contributed by atoms with Gasteiger partial charge in [0.2, 0.25) is 0 Å². The molecule has 0 saturated carbocycles. The number of carbonyl (C=O) groups is 1. The third kappa shape index (κ3) is 4.34. The highest BCUT2D eigenvalue weighted by Gasteiger charge is 2.13.